The molecule has 0 aliphatic heterocycles. The third-order valence-corrected chi connectivity index (χ3v) is 4.59. The highest BCUT2D eigenvalue weighted by Gasteiger charge is 2.13. The summed E-state index contributed by atoms with van der Waals surface area (Å²) in [4.78, 5) is 16.4. The molecule has 3 rings (SSSR count). The lowest BCUT2D eigenvalue weighted by atomic mass is 10.2. The van der Waals surface area contributed by atoms with Crippen LogP contribution in [-0.2, 0) is 13.0 Å². The Balaban J connectivity index is 2.03. The Kier molecular flexibility index (Phi) is 5.91. The number of aromatic nitrogens is 2. The fourth-order valence-corrected chi connectivity index (χ4v) is 2.91. The summed E-state index contributed by atoms with van der Waals surface area (Å²) in [5, 5.41) is 22.2. The van der Waals surface area contributed by atoms with Gasteiger partial charge in [-0.25, -0.2) is 0 Å². The van der Waals surface area contributed by atoms with Crippen molar-refractivity contribution in [2.75, 3.05) is 5.32 Å². The van der Waals surface area contributed by atoms with Crippen molar-refractivity contribution in [1.82, 2.24) is 9.55 Å². The lowest BCUT2D eigenvalue weighted by molar-refractivity contribution is -0.0384. The Bertz CT molecular complexity index is 988. The summed E-state index contributed by atoms with van der Waals surface area (Å²) in [6.07, 6.45) is -0.195. The van der Waals surface area contributed by atoms with E-state index in [1.807, 2.05) is 49.4 Å². The predicted octanol–water partition coefficient (Wildman–Crippen LogP) is 2.85. The Morgan fingerprint density at radius 1 is 1.15 bits per heavy atom. The van der Waals surface area contributed by atoms with Gasteiger partial charge >= 0.3 is 0 Å². The Labute approximate surface area is 161 Å². The predicted molar refractivity (Wildman–Crippen MR) is 105 cm³/mol. The van der Waals surface area contributed by atoms with Crippen molar-refractivity contribution in [2.45, 2.75) is 26.2 Å². The van der Waals surface area contributed by atoms with E-state index in [0.29, 0.717) is 17.5 Å². The van der Waals surface area contributed by atoms with Gasteiger partial charge in [-0.05, 0) is 30.2 Å². The van der Waals surface area contributed by atoms with E-state index in [-0.39, 0.29) is 12.0 Å². The van der Waals surface area contributed by atoms with Crippen molar-refractivity contribution in [3.63, 3.8) is 0 Å². The maximum atomic E-state index is 12.3. The number of rotatable bonds is 6. The van der Waals surface area contributed by atoms with Crippen LogP contribution in [0.1, 0.15) is 16.7 Å². The van der Waals surface area contributed by atoms with E-state index < -0.39 is 11.8 Å². The Morgan fingerprint density at radius 2 is 1.89 bits per heavy atom. The molecule has 0 aliphatic carbocycles. The number of benzene rings is 2. The van der Waals surface area contributed by atoms with E-state index in [2.05, 4.69) is 10.3 Å². The number of hydrogen-bond acceptors (Lipinski definition) is 5. The highest BCUT2D eigenvalue weighted by atomic mass is 35.5. The van der Waals surface area contributed by atoms with Crippen LogP contribution in [0.5, 0.6) is 0 Å². The average Bonchev–Trinajstić information content (AvgIpc) is 2.63. The summed E-state index contributed by atoms with van der Waals surface area (Å²) in [5.41, 5.74) is 2.33. The van der Waals surface area contributed by atoms with Gasteiger partial charge in [-0.15, -0.1) is 0 Å². The molecule has 0 atom stereocenters. The van der Waals surface area contributed by atoms with E-state index in [0.717, 1.165) is 16.8 Å². The van der Waals surface area contributed by atoms with E-state index >= 15 is 0 Å². The molecule has 0 unspecified atom stereocenters. The molecule has 0 bridgehead atoms. The molecule has 0 radical (unpaired) electrons. The van der Waals surface area contributed by atoms with Gasteiger partial charge in [0.2, 0.25) is 5.95 Å². The van der Waals surface area contributed by atoms with Gasteiger partial charge in [-0.3, -0.25) is 4.79 Å². The molecular weight excluding hydrogens is 366 g/mol. The average molecular weight is 386 g/mol. The zero-order chi connectivity index (χ0) is 19.4. The van der Waals surface area contributed by atoms with Gasteiger partial charge in [-0.2, -0.15) is 4.98 Å². The van der Waals surface area contributed by atoms with Gasteiger partial charge in [0.05, 0.1) is 6.54 Å². The topological polar surface area (TPSA) is 87.4 Å². The number of nitrogens with one attached hydrogen (secondary N) is 1. The van der Waals surface area contributed by atoms with Gasteiger partial charge in [0.15, 0.2) is 6.29 Å². The summed E-state index contributed by atoms with van der Waals surface area (Å²) in [6.45, 7) is 2.34. The number of aliphatic hydroxyl groups is 2. The van der Waals surface area contributed by atoms with E-state index in [4.69, 9.17) is 11.6 Å². The van der Waals surface area contributed by atoms with Crippen molar-refractivity contribution in [3.8, 4) is 0 Å². The fourth-order valence-electron chi connectivity index (χ4n) is 2.74. The third kappa shape index (κ3) is 4.74. The van der Waals surface area contributed by atoms with Gasteiger partial charge in [0.1, 0.15) is 0 Å². The first-order chi connectivity index (χ1) is 12.9. The Hall–Kier alpha value is -2.67. The molecule has 0 aliphatic rings. The third-order valence-electron chi connectivity index (χ3n) is 4.18. The molecule has 7 heteroatoms. The molecule has 3 aromatic rings. The largest absolute Gasteiger partial charge is 0.368 e. The molecule has 1 aromatic heterocycles. The first-order valence-corrected chi connectivity index (χ1v) is 8.84. The van der Waals surface area contributed by atoms with Crippen molar-refractivity contribution < 1.29 is 10.2 Å². The second-order valence-electron chi connectivity index (χ2n) is 6.23. The van der Waals surface area contributed by atoms with E-state index in [1.54, 1.807) is 16.8 Å². The lowest BCUT2D eigenvalue weighted by Gasteiger charge is -2.17. The summed E-state index contributed by atoms with van der Waals surface area (Å²) in [5.74, 6) is 0.352. The molecule has 0 spiro atoms. The minimum Gasteiger partial charge on any atom is -0.368 e. The molecule has 0 amide bonds. The van der Waals surface area contributed by atoms with Crippen LogP contribution >= 0.6 is 11.6 Å². The monoisotopic (exact) mass is 385 g/mol. The first kappa shape index (κ1) is 19.1. The normalized spacial score (nSPS) is 11.0. The molecule has 0 saturated carbocycles. The van der Waals surface area contributed by atoms with Crippen molar-refractivity contribution in [3.05, 3.63) is 86.8 Å². The van der Waals surface area contributed by atoms with E-state index in [9.17, 15) is 15.0 Å². The number of nitrogens with zero attached hydrogens (tertiary/aromatic N) is 2. The number of aliphatic hydroxyl groups excluding tert-OH is 1. The number of hydrogen-bond donors (Lipinski definition) is 3. The minimum atomic E-state index is -1.61. The highest BCUT2D eigenvalue weighted by Crippen LogP contribution is 2.25. The van der Waals surface area contributed by atoms with Gasteiger partial charge in [-0.1, -0.05) is 48.0 Å². The summed E-state index contributed by atoms with van der Waals surface area (Å²) >= 11 is 6.18. The second-order valence-corrected chi connectivity index (χ2v) is 6.64. The molecule has 27 heavy (non-hydrogen) atoms. The molecule has 140 valence electrons. The zero-order valence-electron chi connectivity index (χ0n) is 14.8. The fraction of sp³-hybridized carbons (Fsp3) is 0.200. The molecule has 1 heterocycles. The molecular formula is C20H20ClN3O3. The highest BCUT2D eigenvalue weighted by molar-refractivity contribution is 6.31. The van der Waals surface area contributed by atoms with Gasteiger partial charge in [0, 0.05) is 28.9 Å². The van der Waals surface area contributed by atoms with Crippen LogP contribution in [0.3, 0.4) is 0 Å². The van der Waals surface area contributed by atoms with Gasteiger partial charge in [0.25, 0.3) is 5.56 Å². The maximum absolute atomic E-state index is 12.3. The maximum Gasteiger partial charge on any atom is 0.277 e. The molecule has 3 N–H and O–H groups in total. The van der Waals surface area contributed by atoms with Crippen LogP contribution < -0.4 is 10.9 Å². The second kappa shape index (κ2) is 8.35. The molecule has 0 saturated heterocycles. The molecule has 6 nitrogen and oxygen atoms in total. The van der Waals surface area contributed by atoms with Crippen LogP contribution in [-0.4, -0.2) is 26.1 Å². The summed E-state index contributed by atoms with van der Waals surface area (Å²) in [6, 6.07) is 15.2. The van der Waals surface area contributed by atoms with Crippen molar-refractivity contribution in [1.29, 1.82) is 0 Å². The number of halogens is 1. The minimum absolute atomic E-state index is 0.183. The molecule has 2 aromatic carbocycles. The smallest absolute Gasteiger partial charge is 0.277 e. The van der Waals surface area contributed by atoms with Crippen LogP contribution in [0.2, 0.25) is 5.02 Å². The van der Waals surface area contributed by atoms with Crippen LogP contribution in [0.15, 0.2) is 59.5 Å². The lowest BCUT2D eigenvalue weighted by Crippen LogP contribution is -2.24. The van der Waals surface area contributed by atoms with E-state index in [1.165, 1.54) is 0 Å². The van der Waals surface area contributed by atoms with Crippen molar-refractivity contribution in [2.24, 2.45) is 0 Å². The van der Waals surface area contributed by atoms with Crippen molar-refractivity contribution >= 4 is 23.2 Å². The van der Waals surface area contributed by atoms with Crippen LogP contribution in [0.4, 0.5) is 11.6 Å². The van der Waals surface area contributed by atoms with Crippen LogP contribution in [0.25, 0.3) is 0 Å². The standard InChI is InChI=1S/C20H20ClN3O3/c1-13-16(21)8-5-9-17(13)22-20-23-19(27)15(10-18(25)26)12-24(20)11-14-6-3-2-4-7-14/h2-9,12,18,25-26H,10-11H2,1H3,(H,22,23,27). The summed E-state index contributed by atoms with van der Waals surface area (Å²) in [7, 11) is 0. The first-order valence-electron chi connectivity index (χ1n) is 8.46. The molecule has 0 fully saturated rings. The zero-order valence-corrected chi connectivity index (χ0v) is 15.5. The Morgan fingerprint density at radius 3 is 2.59 bits per heavy atom. The summed E-state index contributed by atoms with van der Waals surface area (Å²) < 4.78 is 1.77. The van der Waals surface area contributed by atoms with Gasteiger partial charge < -0.3 is 20.1 Å². The van der Waals surface area contributed by atoms with Crippen LogP contribution in [0, 0.1) is 6.92 Å². The quantitative estimate of drug-likeness (QED) is 0.568. The number of anilines is 2. The SMILES string of the molecule is Cc1c(Cl)cccc1Nc1nc(=O)c(CC(O)O)cn1Cc1ccccc1.